The molecule has 0 amide bonds. The standard InChI is InChI=1S/C16H27N3O2/c1-3-18(4-2)14-10-16(21)19(17-11-14)12-15(20)13-8-6-5-7-9-13/h10-11,13,15,20H,3-9,12H2,1-2H3. The van der Waals surface area contributed by atoms with Crippen molar-refractivity contribution in [2.24, 2.45) is 5.92 Å². The van der Waals surface area contributed by atoms with Gasteiger partial charge in [-0.2, -0.15) is 5.10 Å². The summed E-state index contributed by atoms with van der Waals surface area (Å²) in [7, 11) is 0. The highest BCUT2D eigenvalue weighted by atomic mass is 16.3. The van der Waals surface area contributed by atoms with Crippen LogP contribution in [0.4, 0.5) is 5.69 Å². The molecule has 0 aromatic carbocycles. The fourth-order valence-electron chi connectivity index (χ4n) is 3.17. The number of hydrogen-bond donors (Lipinski definition) is 1. The zero-order valence-corrected chi connectivity index (χ0v) is 13.2. The SMILES string of the molecule is CCN(CC)c1cnn(CC(O)C2CCCCC2)c(=O)c1. The van der Waals surface area contributed by atoms with Gasteiger partial charge in [0.2, 0.25) is 0 Å². The summed E-state index contributed by atoms with van der Waals surface area (Å²) in [6.45, 7) is 6.13. The Labute approximate surface area is 126 Å². The van der Waals surface area contributed by atoms with Crippen molar-refractivity contribution >= 4 is 5.69 Å². The molecule has 2 rings (SSSR count). The van der Waals surface area contributed by atoms with E-state index < -0.39 is 6.10 Å². The monoisotopic (exact) mass is 293 g/mol. The highest BCUT2D eigenvalue weighted by molar-refractivity contribution is 5.42. The van der Waals surface area contributed by atoms with Crippen LogP contribution in [0.1, 0.15) is 46.0 Å². The number of rotatable bonds is 6. The van der Waals surface area contributed by atoms with E-state index in [1.807, 2.05) is 0 Å². The minimum Gasteiger partial charge on any atom is -0.391 e. The number of aromatic nitrogens is 2. The van der Waals surface area contributed by atoms with Crippen LogP contribution in [-0.4, -0.2) is 34.1 Å². The van der Waals surface area contributed by atoms with E-state index in [1.54, 1.807) is 12.3 Å². The highest BCUT2D eigenvalue weighted by Gasteiger charge is 2.22. The van der Waals surface area contributed by atoms with Gasteiger partial charge in [0, 0.05) is 19.2 Å². The van der Waals surface area contributed by atoms with Crippen molar-refractivity contribution in [3.63, 3.8) is 0 Å². The second-order valence-corrected chi connectivity index (χ2v) is 5.87. The molecule has 21 heavy (non-hydrogen) atoms. The lowest BCUT2D eigenvalue weighted by Crippen LogP contribution is -2.34. The lowest BCUT2D eigenvalue weighted by Gasteiger charge is -2.26. The van der Waals surface area contributed by atoms with Crippen LogP contribution in [0.15, 0.2) is 17.1 Å². The Hall–Kier alpha value is -1.36. The Balaban J connectivity index is 2.05. The first-order valence-corrected chi connectivity index (χ1v) is 8.15. The summed E-state index contributed by atoms with van der Waals surface area (Å²) in [4.78, 5) is 14.3. The lowest BCUT2D eigenvalue weighted by atomic mass is 9.85. The third-order valence-corrected chi connectivity index (χ3v) is 4.54. The average molecular weight is 293 g/mol. The summed E-state index contributed by atoms with van der Waals surface area (Å²) in [6.07, 6.45) is 7.02. The predicted molar refractivity (Wildman–Crippen MR) is 84.6 cm³/mol. The van der Waals surface area contributed by atoms with Crippen LogP contribution >= 0.6 is 0 Å². The highest BCUT2D eigenvalue weighted by Crippen LogP contribution is 2.26. The van der Waals surface area contributed by atoms with E-state index >= 15 is 0 Å². The maximum absolute atomic E-state index is 12.2. The van der Waals surface area contributed by atoms with Gasteiger partial charge >= 0.3 is 0 Å². The smallest absolute Gasteiger partial charge is 0.268 e. The summed E-state index contributed by atoms with van der Waals surface area (Å²) in [5, 5.41) is 14.5. The molecule has 0 bridgehead atoms. The average Bonchev–Trinajstić information content (AvgIpc) is 2.52. The largest absolute Gasteiger partial charge is 0.391 e. The van der Waals surface area contributed by atoms with Gasteiger partial charge in [0.25, 0.3) is 5.56 Å². The number of nitrogens with zero attached hydrogens (tertiary/aromatic N) is 3. The first kappa shape index (κ1) is 16.0. The van der Waals surface area contributed by atoms with Crippen LogP contribution in [-0.2, 0) is 6.54 Å². The second-order valence-electron chi connectivity index (χ2n) is 5.87. The number of hydrogen-bond acceptors (Lipinski definition) is 4. The van der Waals surface area contributed by atoms with E-state index in [1.165, 1.54) is 23.9 Å². The molecule has 1 atom stereocenters. The summed E-state index contributed by atoms with van der Waals surface area (Å²) in [5.41, 5.74) is 0.725. The number of aliphatic hydroxyl groups excluding tert-OH is 1. The van der Waals surface area contributed by atoms with Crippen molar-refractivity contribution < 1.29 is 5.11 Å². The molecule has 0 saturated heterocycles. The van der Waals surface area contributed by atoms with Gasteiger partial charge in [-0.25, -0.2) is 4.68 Å². The molecule has 1 aromatic rings. The van der Waals surface area contributed by atoms with Gasteiger partial charge in [0.1, 0.15) is 0 Å². The van der Waals surface area contributed by atoms with Gasteiger partial charge in [-0.3, -0.25) is 4.79 Å². The maximum Gasteiger partial charge on any atom is 0.268 e. The first-order valence-electron chi connectivity index (χ1n) is 8.15. The lowest BCUT2D eigenvalue weighted by molar-refractivity contribution is 0.0651. The quantitative estimate of drug-likeness (QED) is 0.872. The van der Waals surface area contributed by atoms with Crippen LogP contribution in [0.25, 0.3) is 0 Å². The molecule has 1 aliphatic carbocycles. The van der Waals surface area contributed by atoms with Crippen LogP contribution in [0.5, 0.6) is 0 Å². The molecule has 1 N–H and O–H groups in total. The second kappa shape index (κ2) is 7.59. The molecule has 0 spiro atoms. The Morgan fingerprint density at radius 2 is 2.00 bits per heavy atom. The fraction of sp³-hybridized carbons (Fsp3) is 0.750. The van der Waals surface area contributed by atoms with E-state index in [2.05, 4.69) is 23.8 Å². The van der Waals surface area contributed by atoms with E-state index in [9.17, 15) is 9.90 Å². The molecule has 0 aliphatic heterocycles. The molecule has 1 aliphatic rings. The molecule has 5 heteroatoms. The van der Waals surface area contributed by atoms with Crippen molar-refractivity contribution in [3.05, 3.63) is 22.6 Å². The van der Waals surface area contributed by atoms with Gasteiger partial charge in [0.05, 0.1) is 24.5 Å². The minimum absolute atomic E-state index is 0.130. The molecule has 1 fully saturated rings. The summed E-state index contributed by atoms with van der Waals surface area (Å²) in [6, 6.07) is 1.62. The Bertz CT molecular complexity index is 491. The van der Waals surface area contributed by atoms with Crippen LogP contribution in [0, 0.1) is 5.92 Å². The molecular formula is C16H27N3O2. The number of aliphatic hydroxyl groups is 1. The van der Waals surface area contributed by atoms with E-state index in [0.29, 0.717) is 12.5 Å². The van der Waals surface area contributed by atoms with Crippen molar-refractivity contribution in [1.29, 1.82) is 0 Å². The molecule has 1 heterocycles. The van der Waals surface area contributed by atoms with Crippen molar-refractivity contribution in [1.82, 2.24) is 9.78 Å². The first-order chi connectivity index (χ1) is 10.2. The normalized spacial score (nSPS) is 17.7. The molecule has 1 aromatic heterocycles. The zero-order chi connectivity index (χ0) is 15.2. The molecular weight excluding hydrogens is 266 g/mol. The number of anilines is 1. The molecule has 1 unspecified atom stereocenters. The minimum atomic E-state index is -0.463. The summed E-state index contributed by atoms with van der Waals surface area (Å²) < 4.78 is 1.40. The third-order valence-electron chi connectivity index (χ3n) is 4.54. The Kier molecular flexibility index (Phi) is 5.79. The molecule has 1 saturated carbocycles. The molecule has 5 nitrogen and oxygen atoms in total. The van der Waals surface area contributed by atoms with E-state index in [4.69, 9.17) is 0 Å². The Morgan fingerprint density at radius 1 is 1.33 bits per heavy atom. The summed E-state index contributed by atoms with van der Waals surface area (Å²) in [5.74, 6) is 0.315. The van der Waals surface area contributed by atoms with E-state index in [0.717, 1.165) is 31.6 Å². The van der Waals surface area contributed by atoms with Crippen LogP contribution < -0.4 is 10.5 Å². The maximum atomic E-state index is 12.2. The van der Waals surface area contributed by atoms with Crippen molar-refractivity contribution in [3.8, 4) is 0 Å². The van der Waals surface area contributed by atoms with Crippen LogP contribution in [0.2, 0.25) is 0 Å². The van der Waals surface area contributed by atoms with Crippen molar-refractivity contribution in [2.45, 2.75) is 58.6 Å². The Morgan fingerprint density at radius 3 is 2.57 bits per heavy atom. The molecule has 118 valence electrons. The molecule has 0 radical (unpaired) electrons. The van der Waals surface area contributed by atoms with Gasteiger partial charge < -0.3 is 10.0 Å². The van der Waals surface area contributed by atoms with Gasteiger partial charge in [-0.15, -0.1) is 0 Å². The van der Waals surface area contributed by atoms with Gasteiger partial charge in [0.15, 0.2) is 0 Å². The fourth-order valence-corrected chi connectivity index (χ4v) is 3.17. The van der Waals surface area contributed by atoms with Crippen LogP contribution in [0.3, 0.4) is 0 Å². The van der Waals surface area contributed by atoms with Gasteiger partial charge in [-0.05, 0) is 32.6 Å². The van der Waals surface area contributed by atoms with Crippen molar-refractivity contribution in [2.75, 3.05) is 18.0 Å². The third kappa shape index (κ3) is 4.06. The topological polar surface area (TPSA) is 58.4 Å². The van der Waals surface area contributed by atoms with Gasteiger partial charge in [-0.1, -0.05) is 19.3 Å². The van der Waals surface area contributed by atoms with E-state index in [-0.39, 0.29) is 5.56 Å². The zero-order valence-electron chi connectivity index (χ0n) is 13.2. The summed E-state index contributed by atoms with van der Waals surface area (Å²) >= 11 is 0. The predicted octanol–water partition coefficient (Wildman–Crippen LogP) is 2.03.